The number of nitrogens with zero attached hydrogens (tertiary/aromatic N) is 1. The molecule has 1 saturated carbocycles. The van der Waals surface area contributed by atoms with Gasteiger partial charge in [-0.25, -0.2) is 9.78 Å². The van der Waals surface area contributed by atoms with Gasteiger partial charge < -0.3 is 9.84 Å². The number of rotatable bonds is 3. The van der Waals surface area contributed by atoms with Crippen molar-refractivity contribution in [2.75, 3.05) is 6.61 Å². The van der Waals surface area contributed by atoms with Crippen molar-refractivity contribution in [3.63, 3.8) is 0 Å². The van der Waals surface area contributed by atoms with Crippen molar-refractivity contribution in [2.45, 2.75) is 38.7 Å². The van der Waals surface area contributed by atoms with Gasteiger partial charge in [0.05, 0.1) is 21.3 Å². The molecule has 0 radical (unpaired) electrons. The molecule has 0 amide bonds. The maximum Gasteiger partial charge on any atom is 0.339 e. The first-order chi connectivity index (χ1) is 10.6. The van der Waals surface area contributed by atoms with Crippen LogP contribution in [0, 0.1) is 12.8 Å². The summed E-state index contributed by atoms with van der Waals surface area (Å²) in [6.07, 6.45) is 3.68. The average Bonchev–Trinajstić information content (AvgIpc) is 2.96. The Labute approximate surface area is 141 Å². The maximum atomic E-state index is 12.6. The van der Waals surface area contributed by atoms with Crippen LogP contribution < -0.4 is 0 Å². The Morgan fingerprint density at radius 1 is 1.50 bits per heavy atom. The summed E-state index contributed by atoms with van der Waals surface area (Å²) in [5.41, 5.74) is 4.01. The van der Waals surface area contributed by atoms with Gasteiger partial charge >= 0.3 is 5.97 Å². The van der Waals surface area contributed by atoms with E-state index in [-0.39, 0.29) is 24.6 Å². The number of fused-ring (bicyclic) bond motifs is 1. The SMILES string of the molecule is Cc1c(C(=O)OC2CCCCC2CO)c(Br)cc2scnc12. The normalized spacial score (nSPS) is 22.0. The minimum atomic E-state index is -0.329. The first-order valence-electron chi connectivity index (χ1n) is 7.46. The lowest BCUT2D eigenvalue weighted by atomic mass is 9.87. The molecule has 118 valence electrons. The van der Waals surface area contributed by atoms with E-state index in [2.05, 4.69) is 20.9 Å². The van der Waals surface area contributed by atoms with Gasteiger partial charge in [0.25, 0.3) is 0 Å². The Bertz CT molecular complexity index is 700. The van der Waals surface area contributed by atoms with Gasteiger partial charge in [0.1, 0.15) is 6.10 Å². The molecular weight excluding hydrogens is 366 g/mol. The Kier molecular flexibility index (Phi) is 4.80. The molecule has 6 heteroatoms. The fourth-order valence-corrected chi connectivity index (χ4v) is 4.72. The van der Waals surface area contributed by atoms with Gasteiger partial charge in [-0.15, -0.1) is 11.3 Å². The second-order valence-corrected chi connectivity index (χ2v) is 7.47. The first kappa shape index (κ1) is 15.9. The fraction of sp³-hybridized carbons (Fsp3) is 0.500. The van der Waals surface area contributed by atoms with Crippen LogP contribution in [0.25, 0.3) is 10.2 Å². The number of aryl methyl sites for hydroxylation is 1. The van der Waals surface area contributed by atoms with Crippen LogP contribution in [0.15, 0.2) is 16.0 Å². The highest BCUT2D eigenvalue weighted by Gasteiger charge is 2.29. The molecular formula is C16H18BrNO3S. The molecule has 2 unspecified atom stereocenters. The number of aliphatic hydroxyl groups excluding tert-OH is 1. The Morgan fingerprint density at radius 3 is 3.05 bits per heavy atom. The van der Waals surface area contributed by atoms with E-state index < -0.39 is 0 Å². The molecule has 2 aromatic rings. The van der Waals surface area contributed by atoms with Crippen LogP contribution in [0.5, 0.6) is 0 Å². The van der Waals surface area contributed by atoms with Crippen molar-refractivity contribution < 1.29 is 14.6 Å². The van der Waals surface area contributed by atoms with Gasteiger partial charge in [0, 0.05) is 17.0 Å². The number of halogens is 1. The molecule has 1 heterocycles. The van der Waals surface area contributed by atoms with Crippen LogP contribution in [-0.4, -0.2) is 28.8 Å². The summed E-state index contributed by atoms with van der Waals surface area (Å²) in [5.74, 6) is -0.274. The number of benzene rings is 1. The minimum absolute atomic E-state index is 0.0554. The highest BCUT2D eigenvalue weighted by atomic mass is 79.9. The van der Waals surface area contributed by atoms with Gasteiger partial charge in [-0.2, -0.15) is 0 Å². The number of hydrogen-bond donors (Lipinski definition) is 1. The molecule has 3 rings (SSSR count). The quantitative estimate of drug-likeness (QED) is 0.811. The molecule has 1 aliphatic rings. The van der Waals surface area contributed by atoms with Crippen molar-refractivity contribution in [3.8, 4) is 0 Å². The van der Waals surface area contributed by atoms with Crippen LogP contribution in [0.2, 0.25) is 0 Å². The van der Waals surface area contributed by atoms with E-state index in [1.54, 1.807) is 16.8 Å². The van der Waals surface area contributed by atoms with E-state index >= 15 is 0 Å². The predicted octanol–water partition coefficient (Wildman–Crippen LogP) is 4.08. The molecule has 1 aromatic heterocycles. The standard InChI is InChI=1S/C16H18BrNO3S/c1-9-14(11(17)6-13-15(9)18-8-22-13)16(20)21-12-5-3-2-4-10(12)7-19/h6,8,10,12,19H,2-5,7H2,1H3. The summed E-state index contributed by atoms with van der Waals surface area (Å²) in [5, 5.41) is 9.46. The summed E-state index contributed by atoms with van der Waals surface area (Å²) < 4.78 is 7.50. The van der Waals surface area contributed by atoms with Gasteiger partial charge in [0.15, 0.2) is 0 Å². The topological polar surface area (TPSA) is 59.4 Å². The second kappa shape index (κ2) is 6.64. The minimum Gasteiger partial charge on any atom is -0.458 e. The maximum absolute atomic E-state index is 12.6. The van der Waals surface area contributed by atoms with Crippen LogP contribution in [0.4, 0.5) is 0 Å². The van der Waals surface area contributed by atoms with Gasteiger partial charge in [-0.3, -0.25) is 0 Å². The second-order valence-electron chi connectivity index (χ2n) is 5.73. The van der Waals surface area contributed by atoms with E-state index in [9.17, 15) is 9.90 Å². The highest BCUT2D eigenvalue weighted by molar-refractivity contribution is 9.10. The molecule has 1 fully saturated rings. The third-order valence-electron chi connectivity index (χ3n) is 4.36. The molecule has 0 aliphatic heterocycles. The summed E-state index contributed by atoms with van der Waals surface area (Å²) in [4.78, 5) is 17.0. The molecule has 1 aliphatic carbocycles. The zero-order valence-corrected chi connectivity index (χ0v) is 14.7. The van der Waals surface area contributed by atoms with Crippen LogP contribution in [-0.2, 0) is 4.74 Å². The third-order valence-corrected chi connectivity index (χ3v) is 5.76. The zero-order chi connectivity index (χ0) is 15.7. The van der Waals surface area contributed by atoms with Crippen LogP contribution in [0.1, 0.15) is 41.6 Å². The summed E-state index contributed by atoms with van der Waals surface area (Å²) >= 11 is 5.03. The van der Waals surface area contributed by atoms with Crippen molar-refractivity contribution in [3.05, 3.63) is 27.2 Å². The van der Waals surface area contributed by atoms with E-state index in [0.29, 0.717) is 5.56 Å². The fourth-order valence-electron chi connectivity index (χ4n) is 3.11. The molecule has 0 spiro atoms. The number of esters is 1. The molecule has 0 bridgehead atoms. The Morgan fingerprint density at radius 2 is 2.27 bits per heavy atom. The number of carbonyl (C=O) groups is 1. The van der Waals surface area contributed by atoms with Gasteiger partial charge in [-0.1, -0.05) is 6.42 Å². The molecule has 4 nitrogen and oxygen atoms in total. The molecule has 1 aromatic carbocycles. The van der Waals surface area contributed by atoms with Crippen LogP contribution >= 0.6 is 27.3 Å². The average molecular weight is 384 g/mol. The van der Waals surface area contributed by atoms with Crippen molar-refractivity contribution in [1.82, 2.24) is 4.98 Å². The van der Waals surface area contributed by atoms with E-state index in [1.807, 2.05) is 13.0 Å². The number of carbonyl (C=O) groups excluding carboxylic acids is 1. The van der Waals surface area contributed by atoms with E-state index in [0.717, 1.165) is 45.9 Å². The molecule has 0 saturated heterocycles. The number of aliphatic hydroxyl groups is 1. The highest BCUT2D eigenvalue weighted by Crippen LogP contribution is 2.33. The van der Waals surface area contributed by atoms with Crippen molar-refractivity contribution >= 4 is 43.5 Å². The molecule has 1 N–H and O–H groups in total. The van der Waals surface area contributed by atoms with Gasteiger partial charge in [-0.05, 0) is 53.7 Å². The summed E-state index contributed by atoms with van der Waals surface area (Å²) in [7, 11) is 0. The smallest absolute Gasteiger partial charge is 0.339 e. The summed E-state index contributed by atoms with van der Waals surface area (Å²) in [6, 6.07) is 1.92. The number of thiazole rings is 1. The van der Waals surface area contributed by atoms with Crippen LogP contribution in [0.3, 0.4) is 0 Å². The monoisotopic (exact) mass is 383 g/mol. The van der Waals surface area contributed by atoms with E-state index in [4.69, 9.17) is 4.74 Å². The largest absolute Gasteiger partial charge is 0.458 e. The lowest BCUT2D eigenvalue weighted by Crippen LogP contribution is -2.32. The predicted molar refractivity (Wildman–Crippen MR) is 90.3 cm³/mol. The number of hydrogen-bond acceptors (Lipinski definition) is 5. The molecule has 22 heavy (non-hydrogen) atoms. The van der Waals surface area contributed by atoms with Gasteiger partial charge in [0.2, 0.25) is 0 Å². The van der Waals surface area contributed by atoms with Crippen molar-refractivity contribution in [2.24, 2.45) is 5.92 Å². The Hall–Kier alpha value is -0.980. The third kappa shape index (κ3) is 2.92. The Balaban J connectivity index is 1.88. The first-order valence-corrected chi connectivity index (χ1v) is 9.13. The number of ether oxygens (including phenoxy) is 1. The number of aromatic nitrogens is 1. The van der Waals surface area contributed by atoms with E-state index in [1.165, 1.54) is 0 Å². The lowest BCUT2D eigenvalue weighted by Gasteiger charge is -2.30. The summed E-state index contributed by atoms with van der Waals surface area (Å²) in [6.45, 7) is 1.97. The lowest BCUT2D eigenvalue weighted by molar-refractivity contribution is -0.0108. The molecule has 2 atom stereocenters. The van der Waals surface area contributed by atoms with Crippen molar-refractivity contribution in [1.29, 1.82) is 0 Å². The zero-order valence-electron chi connectivity index (χ0n) is 12.3.